The SMILES string of the molecule is [AlH3].[Mo].[Mo].[Nb]. The van der Waals surface area contributed by atoms with Crippen LogP contribution < -0.4 is 0 Å². The average Bonchev–Trinajstić information content (AvgIpc) is 0. The molecule has 23 valence electrons. The summed E-state index contributed by atoms with van der Waals surface area (Å²) in [7, 11) is 0. The van der Waals surface area contributed by atoms with Crippen LogP contribution in [0.25, 0.3) is 0 Å². The summed E-state index contributed by atoms with van der Waals surface area (Å²) in [6, 6.07) is 0. The topological polar surface area (TPSA) is 0 Å². The first-order chi connectivity index (χ1) is 0. The molecule has 0 atom stereocenters. The van der Waals surface area contributed by atoms with Crippen LogP contribution >= 0.6 is 0 Å². The molecule has 0 aliphatic rings. The van der Waals surface area contributed by atoms with Gasteiger partial charge in [0, 0.05) is 64.5 Å². The van der Waals surface area contributed by atoms with E-state index in [0.717, 1.165) is 0 Å². The van der Waals surface area contributed by atoms with Crippen LogP contribution in [-0.2, 0) is 64.5 Å². The Morgan fingerprint density at radius 3 is 0.750 bits per heavy atom. The second-order valence-electron chi connectivity index (χ2n) is 0. The first-order valence-electron chi connectivity index (χ1n) is 0. The van der Waals surface area contributed by atoms with Gasteiger partial charge in [-0.3, -0.25) is 0 Å². The summed E-state index contributed by atoms with van der Waals surface area (Å²) in [4.78, 5) is 0. The van der Waals surface area contributed by atoms with Gasteiger partial charge in [-0.15, -0.1) is 0 Å². The fraction of sp³-hybridized carbons (Fsp3) is 0. The first-order valence-corrected chi connectivity index (χ1v) is 0. The second kappa shape index (κ2) is 17.4. The zero-order valence-electron chi connectivity index (χ0n) is 1.26. The minimum Gasteiger partial charge on any atom is 0 e. The van der Waals surface area contributed by atoms with Crippen LogP contribution in [0.15, 0.2) is 0 Å². The minimum atomic E-state index is 0. The quantitative estimate of drug-likeness (QED) is 0.493. The Morgan fingerprint density at radius 2 is 0.750 bits per heavy atom. The van der Waals surface area contributed by atoms with Crippen molar-refractivity contribution in [3.8, 4) is 0 Å². The van der Waals surface area contributed by atoms with Crippen LogP contribution in [-0.4, -0.2) is 17.4 Å². The van der Waals surface area contributed by atoms with Gasteiger partial charge in [0.05, 0.1) is 0 Å². The maximum Gasteiger partial charge on any atom is 0.187 e. The Kier molecular flexibility index (Phi) is 132. The van der Waals surface area contributed by atoms with Crippen LogP contribution in [0.3, 0.4) is 0 Å². The van der Waals surface area contributed by atoms with Crippen molar-refractivity contribution in [2.45, 2.75) is 0 Å². The molecule has 0 fully saturated rings. The number of rotatable bonds is 0. The predicted molar refractivity (Wildman–Crippen MR) is 9.94 cm³/mol. The summed E-state index contributed by atoms with van der Waals surface area (Å²) < 4.78 is 0. The Morgan fingerprint density at radius 1 is 0.750 bits per heavy atom. The molecule has 0 nitrogen and oxygen atoms in total. The summed E-state index contributed by atoms with van der Waals surface area (Å²) in [5.41, 5.74) is 0. The van der Waals surface area contributed by atoms with Crippen molar-refractivity contribution >= 4 is 17.4 Å². The van der Waals surface area contributed by atoms with Gasteiger partial charge in [0.2, 0.25) is 0 Å². The maximum atomic E-state index is 0. The van der Waals surface area contributed by atoms with Crippen molar-refractivity contribution in [1.29, 1.82) is 0 Å². The van der Waals surface area contributed by atoms with E-state index in [1.165, 1.54) is 0 Å². The van der Waals surface area contributed by atoms with Crippen molar-refractivity contribution in [3.63, 3.8) is 0 Å². The molecular weight excluding hydrogens is 312 g/mol. The number of hydrogen-bond donors (Lipinski definition) is 0. The maximum absolute atomic E-state index is 0. The first kappa shape index (κ1) is 30.2. The Labute approximate surface area is 80.7 Å². The van der Waals surface area contributed by atoms with Crippen LogP contribution in [0.1, 0.15) is 0 Å². The third kappa shape index (κ3) is 8.82. The Hall–Kier alpha value is 2.65. The van der Waals surface area contributed by atoms with E-state index in [0.29, 0.717) is 0 Å². The average molecular weight is 315 g/mol. The van der Waals surface area contributed by atoms with Crippen molar-refractivity contribution in [1.82, 2.24) is 0 Å². The Balaban J connectivity index is 0. The second-order valence-corrected chi connectivity index (χ2v) is 0. The number of hydrogen-bond acceptors (Lipinski definition) is 0. The molecule has 0 rings (SSSR count). The fourth-order valence-corrected chi connectivity index (χ4v) is 0. The molecule has 0 aromatic heterocycles. The van der Waals surface area contributed by atoms with Gasteiger partial charge >= 0.3 is 0 Å². The van der Waals surface area contributed by atoms with E-state index < -0.39 is 0 Å². The van der Waals surface area contributed by atoms with E-state index in [2.05, 4.69) is 0 Å². The van der Waals surface area contributed by atoms with Crippen molar-refractivity contribution in [3.05, 3.63) is 0 Å². The van der Waals surface area contributed by atoms with Crippen molar-refractivity contribution in [2.75, 3.05) is 0 Å². The predicted octanol–water partition coefficient (Wildman–Crippen LogP) is -1.19. The molecule has 0 unspecified atom stereocenters. The third-order valence-corrected chi connectivity index (χ3v) is 0. The summed E-state index contributed by atoms with van der Waals surface area (Å²) >= 11 is 0. The smallest absolute Gasteiger partial charge is 0 e. The molecular formula is H3AlMo2Nb. The summed E-state index contributed by atoms with van der Waals surface area (Å²) in [5, 5.41) is 0. The molecule has 0 N–H and O–H groups in total. The molecule has 0 aromatic carbocycles. The van der Waals surface area contributed by atoms with E-state index in [1.807, 2.05) is 0 Å². The zero-order valence-corrected chi connectivity index (χ0v) is 7.48. The Bertz CT molecular complexity index is 6.00. The molecule has 0 aliphatic carbocycles. The van der Waals surface area contributed by atoms with Gasteiger partial charge in [-0.25, -0.2) is 0 Å². The van der Waals surface area contributed by atoms with Crippen LogP contribution in [0.2, 0.25) is 0 Å². The zero-order chi connectivity index (χ0) is 0. The molecule has 0 aromatic rings. The molecule has 0 amide bonds. The van der Waals surface area contributed by atoms with Gasteiger partial charge in [-0.2, -0.15) is 0 Å². The summed E-state index contributed by atoms with van der Waals surface area (Å²) in [6.07, 6.45) is 0. The molecule has 0 saturated carbocycles. The van der Waals surface area contributed by atoms with Crippen LogP contribution in [0, 0.1) is 0 Å². The van der Waals surface area contributed by atoms with Gasteiger partial charge in [0.15, 0.2) is 17.4 Å². The molecule has 4 heteroatoms. The largest absolute Gasteiger partial charge is 0.187 e. The van der Waals surface area contributed by atoms with E-state index in [1.54, 1.807) is 0 Å². The van der Waals surface area contributed by atoms with Gasteiger partial charge in [0.1, 0.15) is 0 Å². The molecule has 0 spiro atoms. The van der Waals surface area contributed by atoms with E-state index >= 15 is 0 Å². The molecule has 0 bridgehead atoms. The van der Waals surface area contributed by atoms with Gasteiger partial charge < -0.3 is 0 Å². The van der Waals surface area contributed by atoms with Crippen molar-refractivity contribution in [2.24, 2.45) is 0 Å². The summed E-state index contributed by atoms with van der Waals surface area (Å²) in [6.45, 7) is 0. The minimum absolute atomic E-state index is 0. The fourth-order valence-electron chi connectivity index (χ4n) is 0. The van der Waals surface area contributed by atoms with Crippen LogP contribution in [0.4, 0.5) is 0 Å². The van der Waals surface area contributed by atoms with Gasteiger partial charge in [0.25, 0.3) is 0 Å². The molecule has 0 heterocycles. The standard InChI is InChI=1S/Al.2Mo.Nb.3H. The van der Waals surface area contributed by atoms with Crippen LogP contribution in [0.5, 0.6) is 0 Å². The normalized spacial score (nSPS) is 0. The molecule has 0 saturated heterocycles. The monoisotopic (exact) mass is 319 g/mol. The van der Waals surface area contributed by atoms with E-state index in [9.17, 15) is 0 Å². The third-order valence-electron chi connectivity index (χ3n) is 0. The van der Waals surface area contributed by atoms with E-state index in [4.69, 9.17) is 0 Å². The van der Waals surface area contributed by atoms with Crippen molar-refractivity contribution < 1.29 is 64.5 Å². The summed E-state index contributed by atoms with van der Waals surface area (Å²) in [5.74, 6) is 0. The van der Waals surface area contributed by atoms with Gasteiger partial charge in [-0.1, -0.05) is 0 Å². The molecule has 0 aliphatic heterocycles. The van der Waals surface area contributed by atoms with E-state index in [-0.39, 0.29) is 81.9 Å². The van der Waals surface area contributed by atoms with Gasteiger partial charge in [-0.05, 0) is 0 Å². The molecule has 1 radical (unpaired) electrons. The molecule has 4 heavy (non-hydrogen) atoms.